The van der Waals surface area contributed by atoms with Crippen molar-refractivity contribution in [2.24, 2.45) is 11.5 Å². The highest BCUT2D eigenvalue weighted by Crippen LogP contribution is 2.11. The molecule has 0 radical (unpaired) electrons. The number of hydrogen-bond acceptors (Lipinski definition) is 6. The molecule has 6 N–H and O–H groups in total. The molecule has 22 heavy (non-hydrogen) atoms. The van der Waals surface area contributed by atoms with Crippen molar-refractivity contribution in [1.29, 1.82) is 0 Å². The number of halogens is 2. The number of hydrogen-bond donors (Lipinski definition) is 4. The van der Waals surface area contributed by atoms with E-state index < -0.39 is 17.7 Å². The Bertz CT molecular complexity index is 285. The Morgan fingerprint density at radius 1 is 0.955 bits per heavy atom. The van der Waals surface area contributed by atoms with Crippen molar-refractivity contribution >= 4 is 37.0 Å². The highest BCUT2D eigenvalue weighted by molar-refractivity contribution is 5.85. The summed E-state index contributed by atoms with van der Waals surface area (Å²) in [6.07, 6.45) is -0.158. The second-order valence-electron chi connectivity index (χ2n) is 4.40. The topological polar surface area (TPSA) is 129 Å². The molecule has 0 atom stereocenters. The quantitative estimate of drug-likeness (QED) is 0.479. The van der Waals surface area contributed by atoms with E-state index in [2.05, 4.69) is 10.6 Å². The van der Waals surface area contributed by atoms with Gasteiger partial charge in [0.15, 0.2) is 0 Å². The summed E-state index contributed by atoms with van der Waals surface area (Å²) in [6, 6.07) is 0. The maximum absolute atomic E-state index is 11.1. The molecular weight excluding hydrogens is 335 g/mol. The van der Waals surface area contributed by atoms with Crippen LogP contribution in [0.4, 0.5) is 9.59 Å². The van der Waals surface area contributed by atoms with E-state index in [1.165, 1.54) is 0 Å². The molecule has 0 heterocycles. The molecule has 0 aliphatic rings. The van der Waals surface area contributed by atoms with Gasteiger partial charge in [-0.25, -0.2) is 9.59 Å². The predicted octanol–water partition coefficient (Wildman–Crippen LogP) is 0.759. The number of ether oxygens (including phenoxy) is 2. The lowest BCUT2D eigenvalue weighted by Gasteiger charge is -2.27. The zero-order valence-electron chi connectivity index (χ0n) is 13.1. The van der Waals surface area contributed by atoms with E-state index in [9.17, 15) is 9.59 Å². The average molecular weight is 363 g/mol. The SMILES string of the molecule is CCNC(=O)OCCC(N)(CN)CCOC(=O)NCC.Cl.Cl. The van der Waals surface area contributed by atoms with Crippen LogP contribution in [0.5, 0.6) is 0 Å². The number of carbonyl (C=O) groups excluding carboxylic acids is 2. The Kier molecular flexibility index (Phi) is 17.7. The van der Waals surface area contributed by atoms with Crippen LogP contribution in [0.25, 0.3) is 0 Å². The van der Waals surface area contributed by atoms with Gasteiger partial charge in [-0.05, 0) is 13.8 Å². The lowest BCUT2D eigenvalue weighted by atomic mass is 9.93. The van der Waals surface area contributed by atoms with E-state index in [4.69, 9.17) is 20.9 Å². The zero-order valence-corrected chi connectivity index (χ0v) is 14.7. The molecule has 0 aromatic heterocycles. The molecule has 0 saturated carbocycles. The van der Waals surface area contributed by atoms with Gasteiger partial charge in [0.05, 0.1) is 13.2 Å². The summed E-state index contributed by atoms with van der Waals surface area (Å²) in [5, 5.41) is 5.02. The highest BCUT2D eigenvalue weighted by atomic mass is 35.5. The molecule has 0 aliphatic carbocycles. The summed E-state index contributed by atoms with van der Waals surface area (Å²) in [5.41, 5.74) is 11.0. The number of carbonyl (C=O) groups is 2. The second-order valence-corrected chi connectivity index (χ2v) is 4.40. The Morgan fingerprint density at radius 3 is 1.59 bits per heavy atom. The van der Waals surface area contributed by atoms with Gasteiger partial charge < -0.3 is 31.6 Å². The average Bonchev–Trinajstić information content (AvgIpc) is 2.39. The number of amides is 2. The van der Waals surface area contributed by atoms with Crippen molar-refractivity contribution in [2.75, 3.05) is 32.8 Å². The van der Waals surface area contributed by atoms with E-state index in [0.717, 1.165) is 0 Å². The predicted molar refractivity (Wildman–Crippen MR) is 89.8 cm³/mol. The van der Waals surface area contributed by atoms with Gasteiger partial charge in [-0.3, -0.25) is 0 Å². The summed E-state index contributed by atoms with van der Waals surface area (Å²) >= 11 is 0. The first-order valence-electron chi connectivity index (χ1n) is 6.77. The lowest BCUT2D eigenvalue weighted by Crippen LogP contribution is -2.49. The van der Waals surface area contributed by atoms with Gasteiger partial charge in [-0.15, -0.1) is 24.8 Å². The van der Waals surface area contributed by atoms with Crippen LogP contribution in [0.1, 0.15) is 26.7 Å². The van der Waals surface area contributed by atoms with Crippen molar-refractivity contribution in [3.05, 3.63) is 0 Å². The molecule has 0 fully saturated rings. The third-order valence-corrected chi connectivity index (χ3v) is 2.71. The number of nitrogens with one attached hydrogen (secondary N) is 2. The summed E-state index contributed by atoms with van der Waals surface area (Å²) in [6.45, 7) is 5.15. The molecule has 0 rings (SSSR count). The van der Waals surface area contributed by atoms with Crippen LogP contribution in [0, 0.1) is 0 Å². The van der Waals surface area contributed by atoms with Crippen LogP contribution in [-0.2, 0) is 9.47 Å². The molecule has 0 bridgehead atoms. The van der Waals surface area contributed by atoms with E-state index in [1.54, 1.807) is 13.8 Å². The third-order valence-electron chi connectivity index (χ3n) is 2.71. The van der Waals surface area contributed by atoms with Crippen molar-refractivity contribution in [3.8, 4) is 0 Å². The minimum atomic E-state index is -0.723. The number of nitrogens with two attached hydrogens (primary N) is 2. The van der Waals surface area contributed by atoms with Gasteiger partial charge in [-0.2, -0.15) is 0 Å². The molecule has 2 amide bonds. The highest BCUT2D eigenvalue weighted by Gasteiger charge is 2.24. The Morgan fingerprint density at radius 2 is 1.32 bits per heavy atom. The van der Waals surface area contributed by atoms with Gasteiger partial charge in [0, 0.05) is 38.0 Å². The Balaban J connectivity index is -0.00000180. The monoisotopic (exact) mass is 362 g/mol. The summed E-state index contributed by atoms with van der Waals surface area (Å²) in [4.78, 5) is 22.2. The lowest BCUT2D eigenvalue weighted by molar-refractivity contribution is 0.120. The number of rotatable bonds is 9. The van der Waals surface area contributed by atoms with E-state index in [0.29, 0.717) is 25.9 Å². The van der Waals surface area contributed by atoms with Gasteiger partial charge in [0.2, 0.25) is 0 Å². The van der Waals surface area contributed by atoms with E-state index in [1.807, 2.05) is 0 Å². The third kappa shape index (κ3) is 12.8. The van der Waals surface area contributed by atoms with Crippen LogP contribution in [0.2, 0.25) is 0 Å². The van der Waals surface area contributed by atoms with Crippen LogP contribution in [0.15, 0.2) is 0 Å². The molecule has 8 nitrogen and oxygen atoms in total. The molecule has 0 unspecified atom stereocenters. The van der Waals surface area contributed by atoms with Crippen LogP contribution in [-0.4, -0.2) is 50.6 Å². The molecule has 0 saturated heterocycles. The largest absolute Gasteiger partial charge is 0.449 e. The molecule has 0 aliphatic heterocycles. The normalized spacial score (nSPS) is 9.82. The fourth-order valence-electron chi connectivity index (χ4n) is 1.41. The van der Waals surface area contributed by atoms with Crippen LogP contribution >= 0.6 is 24.8 Å². The molecule has 0 aromatic carbocycles. The Hall–Kier alpha value is -0.960. The van der Waals surface area contributed by atoms with Crippen LogP contribution in [0.3, 0.4) is 0 Å². The first kappa shape index (κ1) is 26.0. The fourth-order valence-corrected chi connectivity index (χ4v) is 1.41. The number of alkyl carbamates (subject to hydrolysis) is 2. The van der Waals surface area contributed by atoms with Gasteiger partial charge in [0.25, 0.3) is 0 Å². The first-order valence-corrected chi connectivity index (χ1v) is 6.77. The van der Waals surface area contributed by atoms with Gasteiger partial charge in [0.1, 0.15) is 0 Å². The second kappa shape index (κ2) is 15.0. The zero-order chi connectivity index (χ0) is 15.4. The minimum absolute atomic E-state index is 0. The van der Waals surface area contributed by atoms with Gasteiger partial charge >= 0.3 is 12.2 Å². The summed E-state index contributed by atoms with van der Waals surface area (Å²) < 4.78 is 9.88. The maximum atomic E-state index is 11.1. The maximum Gasteiger partial charge on any atom is 0.407 e. The van der Waals surface area contributed by atoms with E-state index in [-0.39, 0.29) is 44.6 Å². The van der Waals surface area contributed by atoms with Crippen molar-refractivity contribution in [2.45, 2.75) is 32.2 Å². The Labute approximate surface area is 143 Å². The molecule has 0 spiro atoms. The van der Waals surface area contributed by atoms with Gasteiger partial charge in [-0.1, -0.05) is 0 Å². The van der Waals surface area contributed by atoms with Crippen LogP contribution < -0.4 is 22.1 Å². The van der Waals surface area contributed by atoms with Crippen molar-refractivity contribution in [3.63, 3.8) is 0 Å². The molecule has 134 valence electrons. The minimum Gasteiger partial charge on any atom is -0.449 e. The summed E-state index contributed by atoms with van der Waals surface area (Å²) in [5.74, 6) is 0. The standard InChI is InChI=1S/C12H26N4O4.2ClH/c1-3-15-10(17)19-7-5-12(14,9-13)6-8-20-11(18)16-4-2;;/h3-9,13-14H2,1-2H3,(H,15,17)(H,16,18);2*1H. The first-order chi connectivity index (χ1) is 9.47. The summed E-state index contributed by atoms with van der Waals surface area (Å²) in [7, 11) is 0. The smallest absolute Gasteiger partial charge is 0.407 e. The fraction of sp³-hybridized carbons (Fsp3) is 0.833. The van der Waals surface area contributed by atoms with Crippen molar-refractivity contribution in [1.82, 2.24) is 10.6 Å². The molecular formula is C12H28Cl2N4O4. The van der Waals surface area contributed by atoms with E-state index >= 15 is 0 Å². The van der Waals surface area contributed by atoms with Crippen molar-refractivity contribution < 1.29 is 19.1 Å². The molecule has 0 aromatic rings. The molecule has 10 heteroatoms.